The molecule has 0 heterocycles. The third-order valence-corrected chi connectivity index (χ3v) is 3.36. The van der Waals surface area contributed by atoms with Gasteiger partial charge in [0.2, 0.25) is 11.8 Å². The van der Waals surface area contributed by atoms with Crippen LogP contribution in [-0.2, 0) is 9.59 Å². The van der Waals surface area contributed by atoms with Gasteiger partial charge < -0.3 is 10.6 Å². The molecule has 110 valence electrons. The number of amides is 2. The summed E-state index contributed by atoms with van der Waals surface area (Å²) in [6, 6.07) is 4.76. The van der Waals surface area contributed by atoms with Gasteiger partial charge in [0.15, 0.2) is 0 Å². The average Bonchev–Trinajstić information content (AvgIpc) is 2.36. The molecule has 4 nitrogen and oxygen atoms in total. The molecule has 1 aromatic carbocycles. The molecule has 0 aromatic heterocycles. The van der Waals surface area contributed by atoms with E-state index >= 15 is 0 Å². The van der Waals surface area contributed by atoms with Gasteiger partial charge in [-0.1, -0.05) is 37.0 Å². The second-order valence-electron chi connectivity index (χ2n) is 4.44. The van der Waals surface area contributed by atoms with Crippen molar-refractivity contribution in [2.75, 3.05) is 11.9 Å². The summed E-state index contributed by atoms with van der Waals surface area (Å²) in [6.45, 7) is 3.82. The lowest BCUT2D eigenvalue weighted by Crippen LogP contribution is -2.36. The summed E-state index contributed by atoms with van der Waals surface area (Å²) in [6.07, 6.45) is 1.52. The lowest BCUT2D eigenvalue weighted by molar-refractivity contribution is -0.127. The van der Waals surface area contributed by atoms with Crippen molar-refractivity contribution in [1.29, 1.82) is 0 Å². The van der Waals surface area contributed by atoms with Crippen LogP contribution >= 0.6 is 23.2 Å². The molecule has 0 aliphatic rings. The molecule has 0 atom stereocenters. The average molecular weight is 317 g/mol. The second kappa shape index (κ2) is 8.12. The molecule has 0 radical (unpaired) electrons. The van der Waals surface area contributed by atoms with E-state index in [2.05, 4.69) is 10.6 Å². The van der Waals surface area contributed by atoms with Gasteiger partial charge in [-0.05, 0) is 31.0 Å². The van der Waals surface area contributed by atoms with Crippen LogP contribution in [0.4, 0.5) is 5.69 Å². The highest BCUT2D eigenvalue weighted by Gasteiger charge is 2.14. The number of halogens is 2. The monoisotopic (exact) mass is 316 g/mol. The highest BCUT2D eigenvalue weighted by atomic mass is 35.5. The summed E-state index contributed by atoms with van der Waals surface area (Å²) in [5, 5.41) is 6.13. The third kappa shape index (κ3) is 5.39. The number of hydrogen-bond acceptors (Lipinski definition) is 2. The van der Waals surface area contributed by atoms with Crippen molar-refractivity contribution in [3.63, 3.8) is 0 Å². The molecule has 2 amide bonds. The molecular formula is C14H18Cl2N2O2. The number of anilines is 1. The van der Waals surface area contributed by atoms with E-state index in [4.69, 9.17) is 23.2 Å². The Balaban J connectivity index is 2.50. The summed E-state index contributed by atoms with van der Waals surface area (Å²) in [4.78, 5) is 23.5. The van der Waals surface area contributed by atoms with E-state index in [0.29, 0.717) is 15.7 Å². The molecule has 20 heavy (non-hydrogen) atoms. The first-order chi connectivity index (χ1) is 9.46. The van der Waals surface area contributed by atoms with Crippen LogP contribution in [0.2, 0.25) is 10.0 Å². The molecular weight excluding hydrogens is 299 g/mol. The Morgan fingerprint density at radius 3 is 2.15 bits per heavy atom. The molecule has 0 aliphatic heterocycles. The van der Waals surface area contributed by atoms with Crippen LogP contribution in [0, 0.1) is 5.92 Å². The fraction of sp³-hybridized carbons (Fsp3) is 0.429. The molecule has 6 heteroatoms. The maximum Gasteiger partial charge on any atom is 0.243 e. The Bertz CT molecular complexity index is 468. The number of hydrogen-bond donors (Lipinski definition) is 2. The minimum Gasteiger partial charge on any atom is -0.347 e. The van der Waals surface area contributed by atoms with Crippen LogP contribution in [0.3, 0.4) is 0 Å². The summed E-state index contributed by atoms with van der Waals surface area (Å²) in [7, 11) is 0. The van der Waals surface area contributed by atoms with Gasteiger partial charge in [-0.25, -0.2) is 0 Å². The molecule has 0 unspecified atom stereocenters. The lowest BCUT2D eigenvalue weighted by atomic mass is 10.0. The van der Waals surface area contributed by atoms with Crippen LogP contribution in [0.15, 0.2) is 18.2 Å². The van der Waals surface area contributed by atoms with Gasteiger partial charge in [0, 0.05) is 21.7 Å². The first-order valence-electron chi connectivity index (χ1n) is 6.49. The highest BCUT2D eigenvalue weighted by molar-refractivity contribution is 6.35. The maximum absolute atomic E-state index is 11.7. The molecule has 0 bridgehead atoms. The zero-order valence-corrected chi connectivity index (χ0v) is 13.0. The van der Waals surface area contributed by atoms with E-state index in [1.165, 1.54) is 0 Å². The number of rotatable bonds is 6. The van der Waals surface area contributed by atoms with Gasteiger partial charge in [-0.2, -0.15) is 0 Å². The largest absolute Gasteiger partial charge is 0.347 e. The van der Waals surface area contributed by atoms with E-state index in [1.54, 1.807) is 18.2 Å². The maximum atomic E-state index is 11.7. The quantitative estimate of drug-likeness (QED) is 0.844. The minimum absolute atomic E-state index is 0.0524. The normalized spacial score (nSPS) is 10.4. The van der Waals surface area contributed by atoms with Crippen LogP contribution in [0.1, 0.15) is 26.7 Å². The summed E-state index contributed by atoms with van der Waals surface area (Å²) in [5.74, 6) is -0.472. The van der Waals surface area contributed by atoms with Gasteiger partial charge in [0.25, 0.3) is 0 Å². The van der Waals surface area contributed by atoms with E-state index in [1.807, 2.05) is 13.8 Å². The molecule has 0 saturated heterocycles. The van der Waals surface area contributed by atoms with E-state index in [-0.39, 0.29) is 24.3 Å². The standard InChI is InChI=1S/C14H18Cl2N2O2/c1-3-9(4-2)14(20)17-8-13(19)18-12-6-10(15)5-11(16)7-12/h5-7,9H,3-4,8H2,1-2H3,(H,17,20)(H,18,19). The second-order valence-corrected chi connectivity index (χ2v) is 5.31. The molecule has 0 spiro atoms. The van der Waals surface area contributed by atoms with Crippen molar-refractivity contribution < 1.29 is 9.59 Å². The molecule has 1 rings (SSSR count). The summed E-state index contributed by atoms with van der Waals surface area (Å²) in [5.41, 5.74) is 0.504. The first kappa shape index (κ1) is 16.8. The predicted octanol–water partition coefficient (Wildman–Crippen LogP) is 3.48. The Morgan fingerprint density at radius 2 is 1.65 bits per heavy atom. The van der Waals surface area contributed by atoms with Crippen molar-refractivity contribution in [1.82, 2.24) is 5.32 Å². The van der Waals surface area contributed by atoms with Crippen LogP contribution < -0.4 is 10.6 Å². The Labute approximate surface area is 128 Å². The van der Waals surface area contributed by atoms with Crippen LogP contribution in [0.5, 0.6) is 0 Å². The Kier molecular flexibility index (Phi) is 6.82. The minimum atomic E-state index is -0.317. The highest BCUT2D eigenvalue weighted by Crippen LogP contribution is 2.22. The number of nitrogens with one attached hydrogen (secondary N) is 2. The summed E-state index contributed by atoms with van der Waals surface area (Å²) >= 11 is 11.7. The van der Waals surface area contributed by atoms with Crippen molar-refractivity contribution in [2.45, 2.75) is 26.7 Å². The van der Waals surface area contributed by atoms with Gasteiger partial charge >= 0.3 is 0 Å². The molecule has 0 aliphatic carbocycles. The van der Waals surface area contributed by atoms with E-state index < -0.39 is 0 Å². The van der Waals surface area contributed by atoms with Gasteiger partial charge in [0.1, 0.15) is 0 Å². The smallest absolute Gasteiger partial charge is 0.243 e. The molecule has 2 N–H and O–H groups in total. The SMILES string of the molecule is CCC(CC)C(=O)NCC(=O)Nc1cc(Cl)cc(Cl)c1. The first-order valence-corrected chi connectivity index (χ1v) is 7.25. The molecule has 0 fully saturated rings. The van der Waals surface area contributed by atoms with Gasteiger partial charge in [-0.3, -0.25) is 9.59 Å². The fourth-order valence-corrected chi connectivity index (χ4v) is 2.33. The van der Waals surface area contributed by atoms with Gasteiger partial charge in [-0.15, -0.1) is 0 Å². The summed E-state index contributed by atoms with van der Waals surface area (Å²) < 4.78 is 0. The fourth-order valence-electron chi connectivity index (χ4n) is 1.80. The number of benzene rings is 1. The van der Waals surface area contributed by atoms with Crippen molar-refractivity contribution in [3.8, 4) is 0 Å². The predicted molar refractivity (Wildman–Crippen MR) is 82.2 cm³/mol. The zero-order chi connectivity index (χ0) is 15.1. The lowest BCUT2D eigenvalue weighted by Gasteiger charge is -2.12. The van der Waals surface area contributed by atoms with Crippen molar-refractivity contribution in [2.24, 2.45) is 5.92 Å². The number of carbonyl (C=O) groups excluding carboxylic acids is 2. The van der Waals surface area contributed by atoms with Gasteiger partial charge in [0.05, 0.1) is 6.54 Å². The third-order valence-electron chi connectivity index (χ3n) is 2.93. The topological polar surface area (TPSA) is 58.2 Å². The van der Waals surface area contributed by atoms with E-state index in [9.17, 15) is 9.59 Å². The molecule has 0 saturated carbocycles. The Morgan fingerprint density at radius 1 is 1.10 bits per heavy atom. The zero-order valence-electron chi connectivity index (χ0n) is 11.5. The van der Waals surface area contributed by atoms with Crippen LogP contribution in [-0.4, -0.2) is 18.4 Å². The number of carbonyl (C=O) groups is 2. The van der Waals surface area contributed by atoms with Crippen molar-refractivity contribution in [3.05, 3.63) is 28.2 Å². The van der Waals surface area contributed by atoms with Crippen LogP contribution in [0.25, 0.3) is 0 Å². The molecule has 1 aromatic rings. The van der Waals surface area contributed by atoms with Crippen molar-refractivity contribution >= 4 is 40.7 Å². The van der Waals surface area contributed by atoms with E-state index in [0.717, 1.165) is 12.8 Å². The Hall–Kier alpha value is -1.26.